The molecule has 0 N–H and O–H groups in total. The van der Waals surface area contributed by atoms with E-state index in [9.17, 15) is 0 Å². The molecule has 12 heavy (non-hydrogen) atoms. The molecule has 66 valence electrons. The van der Waals surface area contributed by atoms with Crippen molar-refractivity contribution in [3.05, 3.63) is 35.1 Å². The minimum absolute atomic E-state index is 0.929. The first kappa shape index (κ1) is 9.62. The first-order chi connectivity index (χ1) is 5.86. The smallest absolute Gasteiger partial charge is 0.00693 e. The Hall–Kier alpha value is -0.470. The van der Waals surface area contributed by atoms with Crippen molar-refractivity contribution in [1.82, 2.24) is 0 Å². The molecule has 0 radical (unpaired) electrons. The van der Waals surface area contributed by atoms with Gasteiger partial charge in [0, 0.05) is 4.90 Å². The molecule has 0 unspecified atom stereocenters. The number of rotatable bonds is 4. The van der Waals surface area contributed by atoms with Crippen LogP contribution >= 0.6 is 11.8 Å². The predicted molar refractivity (Wildman–Crippen MR) is 56.1 cm³/mol. The van der Waals surface area contributed by atoms with Crippen molar-refractivity contribution in [2.75, 3.05) is 19.8 Å². The molecule has 0 atom stereocenters. The highest BCUT2D eigenvalue weighted by Crippen LogP contribution is 2.15. The fraction of sp³-hybridized carbons (Fsp3) is 0.400. The molecular formula is C10H14NS-. The summed E-state index contributed by atoms with van der Waals surface area (Å²) in [6.45, 7) is 0.929. The molecule has 1 aromatic carbocycles. The molecule has 1 nitrogen and oxygen atoms in total. The lowest BCUT2D eigenvalue weighted by Crippen LogP contribution is -1.89. The van der Waals surface area contributed by atoms with E-state index in [-0.39, 0.29) is 0 Å². The van der Waals surface area contributed by atoms with Crippen LogP contribution in [-0.4, -0.2) is 19.8 Å². The predicted octanol–water partition coefficient (Wildman–Crippen LogP) is 2.95. The van der Waals surface area contributed by atoms with Gasteiger partial charge in [0.1, 0.15) is 0 Å². The van der Waals surface area contributed by atoms with Gasteiger partial charge in [-0.15, -0.1) is 18.3 Å². The summed E-state index contributed by atoms with van der Waals surface area (Å²) in [7, 11) is 1.86. The summed E-state index contributed by atoms with van der Waals surface area (Å²) in [5.74, 6) is 0. The molecule has 1 aromatic rings. The molecule has 1 rings (SSSR count). The van der Waals surface area contributed by atoms with E-state index >= 15 is 0 Å². The van der Waals surface area contributed by atoms with Crippen LogP contribution in [0.5, 0.6) is 0 Å². The average Bonchev–Trinajstić information content (AvgIpc) is 2.15. The van der Waals surface area contributed by atoms with Crippen molar-refractivity contribution in [3.8, 4) is 0 Å². The van der Waals surface area contributed by atoms with Crippen LogP contribution in [0.1, 0.15) is 5.56 Å². The van der Waals surface area contributed by atoms with Crippen molar-refractivity contribution in [1.29, 1.82) is 0 Å². The van der Waals surface area contributed by atoms with Crippen LogP contribution in [0.2, 0.25) is 0 Å². The molecule has 0 saturated heterocycles. The Morgan fingerprint density at radius 3 is 2.42 bits per heavy atom. The van der Waals surface area contributed by atoms with Crippen LogP contribution in [0, 0.1) is 0 Å². The minimum Gasteiger partial charge on any atom is -0.665 e. The van der Waals surface area contributed by atoms with E-state index < -0.39 is 0 Å². The maximum atomic E-state index is 4.07. The molecule has 0 spiro atoms. The lowest BCUT2D eigenvalue weighted by Gasteiger charge is -2.10. The molecule has 0 fully saturated rings. The summed E-state index contributed by atoms with van der Waals surface area (Å²) < 4.78 is 0. The molecule has 0 aliphatic heterocycles. The second-order valence-electron chi connectivity index (χ2n) is 2.64. The molecule has 0 bridgehead atoms. The SMILES string of the molecule is C[N-]CCc1ccc(SC)cc1. The van der Waals surface area contributed by atoms with Crippen LogP contribution in [0.3, 0.4) is 0 Å². The average molecular weight is 180 g/mol. The van der Waals surface area contributed by atoms with Gasteiger partial charge in [-0.3, -0.25) is 0 Å². The zero-order chi connectivity index (χ0) is 8.81. The Bertz CT molecular complexity index is 218. The third kappa shape index (κ3) is 2.88. The summed E-state index contributed by atoms with van der Waals surface area (Å²) in [4.78, 5) is 1.33. The first-order valence-corrected chi connectivity index (χ1v) is 5.28. The van der Waals surface area contributed by atoms with E-state index in [1.807, 2.05) is 7.05 Å². The van der Waals surface area contributed by atoms with Gasteiger partial charge in [0.15, 0.2) is 0 Å². The van der Waals surface area contributed by atoms with Crippen molar-refractivity contribution in [3.63, 3.8) is 0 Å². The summed E-state index contributed by atoms with van der Waals surface area (Å²) in [6.07, 6.45) is 3.15. The maximum absolute atomic E-state index is 4.07. The Balaban J connectivity index is 2.53. The number of hydrogen-bond acceptors (Lipinski definition) is 1. The third-order valence-corrected chi connectivity index (χ3v) is 2.53. The van der Waals surface area contributed by atoms with Crippen molar-refractivity contribution in [2.45, 2.75) is 11.3 Å². The molecule has 2 heteroatoms. The number of hydrogen-bond donors (Lipinski definition) is 0. The largest absolute Gasteiger partial charge is 0.665 e. The van der Waals surface area contributed by atoms with E-state index in [2.05, 4.69) is 35.8 Å². The van der Waals surface area contributed by atoms with Gasteiger partial charge in [0.2, 0.25) is 0 Å². The van der Waals surface area contributed by atoms with Gasteiger partial charge in [-0.1, -0.05) is 12.1 Å². The third-order valence-electron chi connectivity index (χ3n) is 1.78. The van der Waals surface area contributed by atoms with Gasteiger partial charge >= 0.3 is 0 Å². The molecular weight excluding hydrogens is 166 g/mol. The van der Waals surface area contributed by atoms with Crippen molar-refractivity contribution < 1.29 is 0 Å². The Kier molecular flexibility index (Phi) is 4.19. The lowest BCUT2D eigenvalue weighted by molar-refractivity contribution is 1.04. The quantitative estimate of drug-likeness (QED) is 0.650. The van der Waals surface area contributed by atoms with E-state index in [1.54, 1.807) is 11.8 Å². The second kappa shape index (κ2) is 5.22. The molecule has 0 amide bonds. The maximum Gasteiger partial charge on any atom is 0.00693 e. The normalized spacial score (nSPS) is 10.2. The Morgan fingerprint density at radius 2 is 1.92 bits per heavy atom. The van der Waals surface area contributed by atoms with Crippen LogP contribution in [-0.2, 0) is 6.42 Å². The van der Waals surface area contributed by atoms with E-state index in [4.69, 9.17) is 0 Å². The van der Waals surface area contributed by atoms with E-state index in [1.165, 1.54) is 10.5 Å². The monoisotopic (exact) mass is 180 g/mol. The fourth-order valence-electron chi connectivity index (χ4n) is 1.03. The number of nitrogens with zero attached hydrogens (tertiary/aromatic N) is 1. The van der Waals surface area contributed by atoms with Gasteiger partial charge in [-0.2, -0.15) is 7.05 Å². The lowest BCUT2D eigenvalue weighted by atomic mass is 10.1. The summed E-state index contributed by atoms with van der Waals surface area (Å²) in [5, 5.41) is 4.07. The van der Waals surface area contributed by atoms with Crippen LogP contribution in [0.25, 0.3) is 5.32 Å². The standard InChI is InChI=1S/C10H14NS/c1-11-8-7-9-3-5-10(12-2)6-4-9/h3-6H,7-8H2,1-2H3/q-1. The van der Waals surface area contributed by atoms with Crippen LogP contribution in [0.4, 0.5) is 0 Å². The number of thioether (sulfide) groups is 1. The molecule has 0 aromatic heterocycles. The second-order valence-corrected chi connectivity index (χ2v) is 3.52. The Labute approximate surface area is 78.6 Å². The van der Waals surface area contributed by atoms with Gasteiger partial charge in [0.25, 0.3) is 0 Å². The zero-order valence-electron chi connectivity index (χ0n) is 7.58. The highest BCUT2D eigenvalue weighted by molar-refractivity contribution is 7.98. The molecule has 0 heterocycles. The minimum atomic E-state index is 0.929. The summed E-state index contributed by atoms with van der Waals surface area (Å²) in [5.41, 5.74) is 1.37. The van der Waals surface area contributed by atoms with Gasteiger partial charge in [0.05, 0.1) is 0 Å². The summed E-state index contributed by atoms with van der Waals surface area (Å²) >= 11 is 1.78. The number of likely N-dealkylation sites (N-methyl/N-ethyl adjacent to an activating group) is 1. The van der Waals surface area contributed by atoms with Crippen molar-refractivity contribution >= 4 is 11.8 Å². The van der Waals surface area contributed by atoms with Gasteiger partial charge in [-0.05, 0) is 30.4 Å². The highest BCUT2D eigenvalue weighted by Gasteiger charge is 1.89. The topological polar surface area (TPSA) is 14.1 Å². The zero-order valence-corrected chi connectivity index (χ0v) is 8.40. The molecule has 0 aliphatic carbocycles. The highest BCUT2D eigenvalue weighted by atomic mass is 32.2. The molecule has 0 saturated carbocycles. The Morgan fingerprint density at radius 1 is 1.25 bits per heavy atom. The molecule has 0 aliphatic rings. The van der Waals surface area contributed by atoms with E-state index in [0.29, 0.717) is 0 Å². The van der Waals surface area contributed by atoms with Crippen LogP contribution in [0.15, 0.2) is 29.2 Å². The van der Waals surface area contributed by atoms with E-state index in [0.717, 1.165) is 13.0 Å². The van der Waals surface area contributed by atoms with Crippen LogP contribution < -0.4 is 0 Å². The first-order valence-electron chi connectivity index (χ1n) is 4.05. The van der Waals surface area contributed by atoms with Gasteiger partial charge in [-0.25, -0.2) is 0 Å². The van der Waals surface area contributed by atoms with Gasteiger partial charge < -0.3 is 5.32 Å². The number of benzene rings is 1. The fourth-order valence-corrected chi connectivity index (χ4v) is 1.44. The summed E-state index contributed by atoms with van der Waals surface area (Å²) in [6, 6.07) is 8.68. The van der Waals surface area contributed by atoms with Crippen molar-refractivity contribution in [2.24, 2.45) is 0 Å².